The Kier molecular flexibility index (Phi) is 9.89. The van der Waals surface area contributed by atoms with Crippen molar-refractivity contribution in [3.63, 3.8) is 0 Å². The molecule has 3 N–H and O–H groups in total. The zero-order valence-corrected chi connectivity index (χ0v) is 26.5. The first-order valence-corrected chi connectivity index (χ1v) is 16.3. The SMILES string of the molecule is COC(=O)C1CCCN(C(=O)CCNS(=O)(=O)c2ccc3ccccc3c2)C1(C(N)=O)[C@H]1CCCN(C(=O)OC(C)(C)C)C1. The summed E-state index contributed by atoms with van der Waals surface area (Å²) in [6.45, 7) is 5.57. The summed E-state index contributed by atoms with van der Waals surface area (Å²) in [7, 11) is -2.74. The largest absolute Gasteiger partial charge is 0.469 e. The molecule has 44 heavy (non-hydrogen) atoms. The Morgan fingerprint density at radius 1 is 1.02 bits per heavy atom. The van der Waals surface area contributed by atoms with Crippen molar-refractivity contribution in [1.82, 2.24) is 14.5 Å². The average Bonchev–Trinajstić information content (AvgIpc) is 2.98. The fraction of sp³-hybridized carbons (Fsp3) is 0.548. The van der Waals surface area contributed by atoms with Gasteiger partial charge in [-0.3, -0.25) is 14.4 Å². The molecule has 12 nitrogen and oxygen atoms in total. The van der Waals surface area contributed by atoms with Gasteiger partial charge in [0.15, 0.2) is 0 Å². The van der Waals surface area contributed by atoms with Gasteiger partial charge in [-0.05, 0) is 69.4 Å². The molecule has 0 radical (unpaired) electrons. The van der Waals surface area contributed by atoms with Crippen LogP contribution in [0.5, 0.6) is 0 Å². The van der Waals surface area contributed by atoms with Crippen molar-refractivity contribution < 1.29 is 37.1 Å². The topological polar surface area (TPSA) is 165 Å². The second kappa shape index (κ2) is 13.1. The van der Waals surface area contributed by atoms with Gasteiger partial charge >= 0.3 is 12.1 Å². The number of hydrogen-bond donors (Lipinski definition) is 2. The van der Waals surface area contributed by atoms with Crippen LogP contribution >= 0.6 is 0 Å². The molecule has 4 rings (SSSR count). The van der Waals surface area contributed by atoms with E-state index < -0.39 is 56.9 Å². The van der Waals surface area contributed by atoms with Gasteiger partial charge in [-0.2, -0.15) is 0 Å². The Labute approximate surface area is 258 Å². The molecule has 0 bridgehead atoms. The number of nitrogens with zero attached hydrogens (tertiary/aromatic N) is 2. The third-order valence-electron chi connectivity index (χ3n) is 8.39. The number of sulfonamides is 1. The van der Waals surface area contributed by atoms with Crippen molar-refractivity contribution in [3.8, 4) is 0 Å². The predicted octanol–water partition coefficient (Wildman–Crippen LogP) is 2.79. The summed E-state index contributed by atoms with van der Waals surface area (Å²) in [5, 5.41) is 1.65. The normalized spacial score (nSPS) is 22.8. The number of fused-ring (bicyclic) bond motifs is 1. The van der Waals surface area contributed by atoms with Gasteiger partial charge in [-0.1, -0.05) is 30.3 Å². The number of carbonyl (C=O) groups excluding carboxylic acids is 4. The highest BCUT2D eigenvalue weighted by Gasteiger charge is 2.61. The Morgan fingerprint density at radius 3 is 2.36 bits per heavy atom. The molecule has 2 aliphatic rings. The van der Waals surface area contributed by atoms with Gasteiger partial charge in [-0.25, -0.2) is 17.9 Å². The van der Waals surface area contributed by atoms with Gasteiger partial charge in [0.25, 0.3) is 0 Å². The first-order valence-electron chi connectivity index (χ1n) is 14.9. The van der Waals surface area contributed by atoms with E-state index in [2.05, 4.69) is 4.72 Å². The minimum Gasteiger partial charge on any atom is -0.469 e. The van der Waals surface area contributed by atoms with Crippen LogP contribution in [-0.2, 0) is 33.9 Å². The molecule has 240 valence electrons. The zero-order valence-electron chi connectivity index (χ0n) is 25.7. The van der Waals surface area contributed by atoms with Crippen molar-refractivity contribution in [2.45, 2.75) is 68.9 Å². The monoisotopic (exact) mass is 630 g/mol. The molecule has 0 aliphatic carbocycles. The van der Waals surface area contributed by atoms with Crippen LogP contribution in [-0.4, -0.2) is 86.5 Å². The first-order chi connectivity index (χ1) is 20.7. The van der Waals surface area contributed by atoms with Crippen molar-refractivity contribution in [1.29, 1.82) is 0 Å². The van der Waals surface area contributed by atoms with Crippen molar-refractivity contribution in [2.24, 2.45) is 17.6 Å². The summed E-state index contributed by atoms with van der Waals surface area (Å²) in [6, 6.07) is 12.1. The Bertz CT molecular complexity index is 1520. The summed E-state index contributed by atoms with van der Waals surface area (Å²) in [6.07, 6.45) is 0.753. The van der Waals surface area contributed by atoms with Gasteiger partial charge in [0, 0.05) is 38.5 Å². The number of rotatable bonds is 8. The molecule has 0 aromatic heterocycles. The number of primary amides is 1. The number of nitrogens with two attached hydrogens (primary N) is 1. The van der Waals surface area contributed by atoms with Gasteiger partial charge in [-0.15, -0.1) is 0 Å². The maximum Gasteiger partial charge on any atom is 0.410 e. The van der Waals surface area contributed by atoms with Gasteiger partial charge in [0.05, 0.1) is 17.9 Å². The first kappa shape index (κ1) is 33.2. The van der Waals surface area contributed by atoms with E-state index in [4.69, 9.17) is 15.2 Å². The molecular weight excluding hydrogens is 588 g/mol. The quantitative estimate of drug-likeness (QED) is 0.420. The second-order valence-electron chi connectivity index (χ2n) is 12.4. The lowest BCUT2D eigenvalue weighted by atomic mass is 9.65. The van der Waals surface area contributed by atoms with Gasteiger partial charge < -0.3 is 25.0 Å². The molecule has 2 fully saturated rings. The lowest BCUT2D eigenvalue weighted by molar-refractivity contribution is -0.174. The number of ether oxygens (including phenoxy) is 2. The highest BCUT2D eigenvalue weighted by atomic mass is 32.2. The molecule has 2 aromatic rings. The van der Waals surface area contributed by atoms with Crippen LogP contribution in [0.4, 0.5) is 4.79 Å². The van der Waals surface area contributed by atoms with Crippen molar-refractivity contribution in [3.05, 3.63) is 42.5 Å². The summed E-state index contributed by atoms with van der Waals surface area (Å²) in [4.78, 5) is 56.3. The van der Waals surface area contributed by atoms with Crippen molar-refractivity contribution in [2.75, 3.05) is 33.3 Å². The minimum absolute atomic E-state index is 0.0454. The van der Waals surface area contributed by atoms with E-state index in [9.17, 15) is 27.6 Å². The van der Waals surface area contributed by atoms with Crippen LogP contribution in [0.15, 0.2) is 47.4 Å². The molecule has 2 heterocycles. The van der Waals surface area contributed by atoms with E-state index in [0.29, 0.717) is 25.8 Å². The highest BCUT2D eigenvalue weighted by Crippen LogP contribution is 2.44. The molecule has 2 saturated heterocycles. The predicted molar refractivity (Wildman–Crippen MR) is 163 cm³/mol. The van der Waals surface area contributed by atoms with Crippen LogP contribution in [0.1, 0.15) is 52.9 Å². The maximum atomic E-state index is 13.8. The zero-order chi connectivity index (χ0) is 32.3. The van der Waals surface area contributed by atoms with Crippen LogP contribution in [0, 0.1) is 11.8 Å². The summed E-state index contributed by atoms with van der Waals surface area (Å²) in [5.41, 5.74) is 3.58. The van der Waals surface area contributed by atoms with Crippen LogP contribution in [0.3, 0.4) is 0 Å². The summed E-state index contributed by atoms with van der Waals surface area (Å²) in [5.74, 6) is -3.81. The molecule has 2 unspecified atom stereocenters. The molecule has 13 heteroatoms. The molecule has 2 aromatic carbocycles. The third kappa shape index (κ3) is 6.83. The van der Waals surface area contributed by atoms with E-state index in [1.165, 1.54) is 23.0 Å². The lowest BCUT2D eigenvalue weighted by Crippen LogP contribution is -2.73. The molecular formula is C31H42N4O8S. The number of likely N-dealkylation sites (tertiary alicyclic amines) is 2. The highest BCUT2D eigenvalue weighted by molar-refractivity contribution is 7.89. The lowest BCUT2D eigenvalue weighted by Gasteiger charge is -2.54. The second-order valence-corrected chi connectivity index (χ2v) is 14.1. The number of esters is 1. The smallest absolute Gasteiger partial charge is 0.410 e. The minimum atomic E-state index is -3.95. The van der Waals surface area contributed by atoms with Gasteiger partial charge in [0.2, 0.25) is 21.8 Å². The number of methoxy groups -OCH3 is 1. The molecule has 0 saturated carbocycles. The number of benzene rings is 2. The summed E-state index contributed by atoms with van der Waals surface area (Å²) < 4.78 is 39.3. The van der Waals surface area contributed by atoms with Crippen LogP contribution < -0.4 is 10.5 Å². The van der Waals surface area contributed by atoms with Crippen molar-refractivity contribution >= 4 is 44.7 Å². The number of hydrogen-bond acceptors (Lipinski definition) is 8. The standard InChI is InChI=1S/C31H42N4O8S/c1-30(2,3)43-29(39)34-17-7-11-23(20-34)31(28(32)38)25(27(37)42-4)12-8-18-35(31)26(36)15-16-33-44(40,41)24-14-13-21-9-5-6-10-22(21)19-24/h5-6,9-10,13-14,19,23,25,33H,7-8,11-12,15-18,20H2,1-4H3,(H2,32,38)/t23-,25?,31?/m0/s1. The molecule has 2 aliphatic heterocycles. The molecule has 3 atom stereocenters. The van der Waals surface area contributed by atoms with E-state index in [-0.39, 0.29) is 37.4 Å². The van der Waals surface area contributed by atoms with Crippen LogP contribution in [0.25, 0.3) is 10.8 Å². The van der Waals surface area contributed by atoms with E-state index >= 15 is 0 Å². The number of piperidine rings is 2. The third-order valence-corrected chi connectivity index (χ3v) is 9.85. The number of carbonyl (C=O) groups is 4. The Balaban J connectivity index is 1.58. The van der Waals surface area contributed by atoms with E-state index in [1.807, 2.05) is 24.3 Å². The number of nitrogens with one attached hydrogen (secondary N) is 1. The fourth-order valence-corrected chi connectivity index (χ4v) is 7.57. The molecule has 3 amide bonds. The Hall–Kier alpha value is -3.71. The van der Waals surface area contributed by atoms with E-state index in [1.54, 1.807) is 32.9 Å². The Morgan fingerprint density at radius 2 is 1.70 bits per heavy atom. The summed E-state index contributed by atoms with van der Waals surface area (Å²) >= 11 is 0. The maximum absolute atomic E-state index is 13.8. The van der Waals surface area contributed by atoms with Crippen LogP contribution in [0.2, 0.25) is 0 Å². The number of amides is 3. The average molecular weight is 631 g/mol. The molecule has 0 spiro atoms. The van der Waals surface area contributed by atoms with E-state index in [0.717, 1.165) is 10.8 Å². The fourth-order valence-electron chi connectivity index (χ4n) is 6.50. The van der Waals surface area contributed by atoms with Gasteiger partial charge in [0.1, 0.15) is 11.1 Å².